The minimum Gasteiger partial charge on any atom is -0.462 e. The maximum Gasteiger partial charge on any atom is 0.343 e. The number of nitrogens with one attached hydrogen (secondary N) is 1. The molecule has 2 aliphatic carbocycles. The molecule has 0 aliphatic heterocycles. The first-order valence-corrected chi connectivity index (χ1v) is 12.4. The van der Waals surface area contributed by atoms with E-state index in [1.165, 1.54) is 64.2 Å². The average Bonchev–Trinajstić information content (AvgIpc) is 3.17. The van der Waals surface area contributed by atoms with Crippen LogP contribution in [0.25, 0.3) is 0 Å². The second-order valence-corrected chi connectivity index (χ2v) is 9.04. The van der Waals surface area contributed by atoms with Crippen LogP contribution in [0, 0.1) is 0 Å². The molecule has 6 nitrogen and oxygen atoms in total. The molecule has 2 fully saturated rings. The van der Waals surface area contributed by atoms with Crippen molar-refractivity contribution < 1.29 is 9.53 Å². The van der Waals surface area contributed by atoms with Crippen LogP contribution in [0.2, 0.25) is 0 Å². The maximum absolute atomic E-state index is 12.5. The summed E-state index contributed by atoms with van der Waals surface area (Å²) in [5.41, 5.74) is 0.475. The molecular formula is C23H38N4O2S. The van der Waals surface area contributed by atoms with E-state index in [1.54, 1.807) is 6.20 Å². The van der Waals surface area contributed by atoms with Gasteiger partial charge in [0.05, 0.1) is 6.61 Å². The Bertz CT molecular complexity index is 675. The minimum absolute atomic E-state index is 0.340. The highest BCUT2D eigenvalue weighted by molar-refractivity contribution is 7.80. The fourth-order valence-corrected chi connectivity index (χ4v) is 5.22. The number of carbonyl (C=O) groups is 1. The number of aryl methyl sites for hydroxylation is 1. The molecular weight excluding hydrogens is 396 g/mol. The predicted octanol–water partition coefficient (Wildman–Crippen LogP) is 5.52. The Kier molecular flexibility index (Phi) is 8.97. The molecule has 168 valence electrons. The Hall–Kier alpha value is -1.63. The topological polar surface area (TPSA) is 59.4 Å². The number of hydrogen-bond donors (Lipinski definition) is 1. The molecule has 30 heavy (non-hydrogen) atoms. The molecule has 0 amide bonds. The minimum atomic E-state index is -0.340. The van der Waals surface area contributed by atoms with Gasteiger partial charge in [0.15, 0.2) is 10.9 Å². The molecule has 2 aliphatic rings. The summed E-state index contributed by atoms with van der Waals surface area (Å²) in [5.74, 6) is 0.193. The number of nitrogens with zero attached hydrogens (tertiary/aromatic N) is 3. The van der Waals surface area contributed by atoms with Crippen molar-refractivity contribution >= 4 is 29.1 Å². The summed E-state index contributed by atoms with van der Waals surface area (Å²) >= 11 is 5.94. The summed E-state index contributed by atoms with van der Waals surface area (Å²) < 4.78 is 7.11. The molecule has 1 aromatic heterocycles. The third-order valence-corrected chi connectivity index (χ3v) is 6.71. The maximum atomic E-state index is 12.5. The van der Waals surface area contributed by atoms with Gasteiger partial charge in [-0.25, -0.2) is 4.79 Å². The van der Waals surface area contributed by atoms with E-state index in [4.69, 9.17) is 17.0 Å². The molecule has 0 atom stereocenters. The van der Waals surface area contributed by atoms with Gasteiger partial charge in [0.1, 0.15) is 5.56 Å². The highest BCUT2D eigenvalue weighted by Gasteiger charge is 2.31. The van der Waals surface area contributed by atoms with Gasteiger partial charge >= 0.3 is 5.97 Å². The number of ether oxygens (including phenoxy) is 1. The van der Waals surface area contributed by atoms with Crippen LogP contribution in [-0.4, -0.2) is 44.5 Å². The lowest BCUT2D eigenvalue weighted by Gasteiger charge is -2.43. The van der Waals surface area contributed by atoms with Gasteiger partial charge in [-0.15, -0.1) is 0 Å². The molecule has 0 aromatic carbocycles. The Morgan fingerprint density at radius 2 is 1.73 bits per heavy atom. The van der Waals surface area contributed by atoms with Crippen molar-refractivity contribution in [1.82, 2.24) is 14.7 Å². The van der Waals surface area contributed by atoms with Crippen molar-refractivity contribution in [2.75, 3.05) is 11.9 Å². The van der Waals surface area contributed by atoms with Gasteiger partial charge in [0, 0.05) is 24.8 Å². The summed E-state index contributed by atoms with van der Waals surface area (Å²) in [7, 11) is 0. The Labute approximate surface area is 186 Å². The number of esters is 1. The molecule has 1 N–H and O–H groups in total. The largest absolute Gasteiger partial charge is 0.462 e. The van der Waals surface area contributed by atoms with Crippen molar-refractivity contribution in [3.63, 3.8) is 0 Å². The quantitative estimate of drug-likeness (QED) is 0.429. The number of unbranched alkanes of at least 4 members (excludes halogenated alkanes) is 1. The molecule has 0 bridgehead atoms. The SMILES string of the molecule is CCCCn1cc(C(=O)OCC)c(NC(=S)N(C2CCCCC2)C2CCCCC2)n1. The first-order chi connectivity index (χ1) is 14.6. The first kappa shape index (κ1) is 23.0. The standard InChI is InChI=1S/C23H38N4O2S/c1-3-5-16-26-17-20(22(28)29-4-2)21(25-26)24-23(30)27(18-12-8-6-9-13-18)19-14-10-7-11-15-19/h17-19H,3-16H2,1-2H3,(H,24,25,30). The lowest BCUT2D eigenvalue weighted by molar-refractivity contribution is 0.0527. The molecule has 3 rings (SSSR count). The highest BCUT2D eigenvalue weighted by atomic mass is 32.1. The number of rotatable bonds is 8. The van der Waals surface area contributed by atoms with Crippen molar-refractivity contribution in [3.8, 4) is 0 Å². The van der Waals surface area contributed by atoms with Crippen LogP contribution in [0.1, 0.15) is 101 Å². The lowest BCUT2D eigenvalue weighted by atomic mass is 9.89. The van der Waals surface area contributed by atoms with E-state index in [0.717, 1.165) is 24.5 Å². The summed E-state index contributed by atoms with van der Waals surface area (Å²) in [6.07, 6.45) is 16.4. The van der Waals surface area contributed by atoms with Crippen molar-refractivity contribution in [2.24, 2.45) is 0 Å². The summed E-state index contributed by atoms with van der Waals surface area (Å²) in [4.78, 5) is 15.0. The van der Waals surface area contributed by atoms with Crippen LogP contribution in [0.3, 0.4) is 0 Å². The number of anilines is 1. The van der Waals surface area contributed by atoms with Crippen LogP contribution >= 0.6 is 12.2 Å². The van der Waals surface area contributed by atoms with Crippen LogP contribution in [0.15, 0.2) is 6.20 Å². The number of aromatic nitrogens is 2. The van der Waals surface area contributed by atoms with E-state index in [9.17, 15) is 4.79 Å². The summed E-state index contributed by atoms with van der Waals surface area (Å²) in [5, 5.41) is 8.74. The van der Waals surface area contributed by atoms with E-state index < -0.39 is 0 Å². The smallest absolute Gasteiger partial charge is 0.343 e. The Morgan fingerprint density at radius 3 is 2.27 bits per heavy atom. The normalized spacial score (nSPS) is 18.2. The summed E-state index contributed by atoms with van der Waals surface area (Å²) in [6.45, 7) is 5.10. The molecule has 0 unspecified atom stereocenters. The number of hydrogen-bond acceptors (Lipinski definition) is 4. The van der Waals surface area contributed by atoms with Crippen LogP contribution < -0.4 is 5.32 Å². The average molecular weight is 435 g/mol. The molecule has 0 radical (unpaired) electrons. The summed E-state index contributed by atoms with van der Waals surface area (Å²) in [6, 6.07) is 0.991. The van der Waals surface area contributed by atoms with E-state index in [1.807, 2.05) is 11.6 Å². The molecule has 1 heterocycles. The third-order valence-electron chi connectivity index (χ3n) is 6.39. The molecule has 2 saturated carbocycles. The predicted molar refractivity (Wildman–Crippen MR) is 125 cm³/mol. The monoisotopic (exact) mass is 434 g/mol. The van der Waals surface area contributed by atoms with Crippen molar-refractivity contribution in [3.05, 3.63) is 11.8 Å². The van der Waals surface area contributed by atoms with Gasteiger partial charge in [-0.3, -0.25) is 4.68 Å². The van der Waals surface area contributed by atoms with Gasteiger partial charge in [-0.2, -0.15) is 5.10 Å². The number of thiocarbonyl (C=S) groups is 1. The van der Waals surface area contributed by atoms with Gasteiger partial charge in [0.25, 0.3) is 0 Å². The van der Waals surface area contributed by atoms with Crippen LogP contribution in [0.4, 0.5) is 5.82 Å². The van der Waals surface area contributed by atoms with E-state index >= 15 is 0 Å². The second-order valence-electron chi connectivity index (χ2n) is 8.65. The first-order valence-electron chi connectivity index (χ1n) is 12.0. The molecule has 1 aromatic rings. The zero-order chi connectivity index (χ0) is 21.3. The Morgan fingerprint density at radius 1 is 1.13 bits per heavy atom. The van der Waals surface area contributed by atoms with Gasteiger partial charge in [-0.05, 0) is 51.2 Å². The number of carbonyl (C=O) groups excluding carboxylic acids is 1. The van der Waals surface area contributed by atoms with Crippen molar-refractivity contribution in [2.45, 2.75) is 110 Å². The van der Waals surface area contributed by atoms with E-state index in [2.05, 4.69) is 22.2 Å². The molecule has 0 saturated heterocycles. The van der Waals surface area contributed by atoms with Crippen molar-refractivity contribution in [1.29, 1.82) is 0 Å². The van der Waals surface area contributed by atoms with E-state index in [-0.39, 0.29) is 5.97 Å². The molecule has 0 spiro atoms. The third kappa shape index (κ3) is 5.96. The second kappa shape index (κ2) is 11.7. The fourth-order valence-electron chi connectivity index (χ4n) is 4.82. The highest BCUT2D eigenvalue weighted by Crippen LogP contribution is 2.31. The van der Waals surface area contributed by atoms with Gasteiger partial charge < -0.3 is 15.0 Å². The molecule has 7 heteroatoms. The van der Waals surface area contributed by atoms with E-state index in [0.29, 0.717) is 30.1 Å². The zero-order valence-electron chi connectivity index (χ0n) is 18.7. The zero-order valence-corrected chi connectivity index (χ0v) is 19.5. The lowest BCUT2D eigenvalue weighted by Crippen LogP contribution is -2.50. The van der Waals surface area contributed by atoms with Crippen LogP contribution in [0.5, 0.6) is 0 Å². The van der Waals surface area contributed by atoms with Gasteiger partial charge in [0.2, 0.25) is 0 Å². The fraction of sp³-hybridized carbons (Fsp3) is 0.783. The van der Waals surface area contributed by atoms with Gasteiger partial charge in [-0.1, -0.05) is 51.9 Å². The Balaban J connectivity index is 1.80. The van der Waals surface area contributed by atoms with Crippen LogP contribution in [-0.2, 0) is 11.3 Å².